The smallest absolute Gasteiger partial charge is 0.257 e. The van der Waals surface area contributed by atoms with E-state index in [9.17, 15) is 4.79 Å². The molecule has 1 N–H and O–H groups in total. The monoisotopic (exact) mass is 351 g/mol. The van der Waals surface area contributed by atoms with Gasteiger partial charge in [-0.25, -0.2) is 0 Å². The van der Waals surface area contributed by atoms with Crippen molar-refractivity contribution < 1.29 is 14.1 Å². The first-order valence-corrected chi connectivity index (χ1v) is 8.56. The quantitative estimate of drug-likeness (QED) is 0.706. The van der Waals surface area contributed by atoms with Crippen molar-refractivity contribution >= 4 is 5.91 Å². The molecule has 6 heteroatoms. The Hall–Kier alpha value is -3.15. The number of carbonyl (C=O) groups excluding carboxylic acids is 1. The highest BCUT2D eigenvalue weighted by atomic mass is 16.5. The highest BCUT2D eigenvalue weighted by Gasteiger charge is 2.21. The van der Waals surface area contributed by atoms with E-state index in [1.807, 2.05) is 43.3 Å². The molecule has 0 saturated heterocycles. The Balaban J connectivity index is 1.63. The number of amides is 1. The number of aromatic nitrogens is 2. The van der Waals surface area contributed by atoms with Crippen LogP contribution in [0.15, 0.2) is 53.2 Å². The van der Waals surface area contributed by atoms with Crippen molar-refractivity contribution in [2.45, 2.75) is 20.3 Å². The Labute approximate surface area is 152 Å². The number of nitrogens with zero attached hydrogens (tertiary/aromatic N) is 2. The van der Waals surface area contributed by atoms with E-state index in [2.05, 4.69) is 15.5 Å². The molecule has 0 aliphatic rings. The third-order valence-electron chi connectivity index (χ3n) is 3.93. The van der Waals surface area contributed by atoms with Crippen LogP contribution in [-0.2, 0) is 6.42 Å². The summed E-state index contributed by atoms with van der Waals surface area (Å²) in [6.45, 7) is 4.83. The second kappa shape index (κ2) is 8.29. The molecule has 3 rings (SSSR count). The number of hydrogen-bond donors (Lipinski definition) is 1. The third kappa shape index (κ3) is 4.08. The molecule has 6 nitrogen and oxygen atoms in total. The van der Waals surface area contributed by atoms with E-state index in [-0.39, 0.29) is 5.91 Å². The molecule has 0 spiro atoms. The lowest BCUT2D eigenvalue weighted by Crippen LogP contribution is -2.26. The van der Waals surface area contributed by atoms with E-state index in [1.165, 1.54) is 0 Å². The van der Waals surface area contributed by atoms with Crippen LogP contribution < -0.4 is 10.1 Å². The Morgan fingerprint density at radius 3 is 2.69 bits per heavy atom. The molecule has 0 radical (unpaired) electrons. The molecule has 26 heavy (non-hydrogen) atoms. The van der Waals surface area contributed by atoms with Crippen LogP contribution in [-0.4, -0.2) is 29.2 Å². The molecule has 0 bridgehead atoms. The minimum Gasteiger partial charge on any atom is -0.494 e. The molecule has 0 atom stereocenters. The van der Waals surface area contributed by atoms with Crippen molar-refractivity contribution in [2.75, 3.05) is 13.2 Å². The first kappa shape index (κ1) is 17.7. The largest absolute Gasteiger partial charge is 0.494 e. The number of benzene rings is 1. The maximum atomic E-state index is 12.6. The number of aryl methyl sites for hydroxylation is 1. The SMILES string of the molecule is CCOc1ccc(CCNC(=O)c2c(-c3ccccn3)noc2C)cc1. The molecule has 0 unspecified atom stereocenters. The van der Waals surface area contributed by atoms with E-state index in [1.54, 1.807) is 19.2 Å². The Morgan fingerprint density at radius 1 is 1.19 bits per heavy atom. The van der Waals surface area contributed by atoms with Gasteiger partial charge in [0.15, 0.2) is 0 Å². The van der Waals surface area contributed by atoms with Crippen LogP contribution in [0.4, 0.5) is 0 Å². The van der Waals surface area contributed by atoms with Crippen LogP contribution in [0.1, 0.15) is 28.6 Å². The molecule has 0 fully saturated rings. The van der Waals surface area contributed by atoms with E-state index in [0.717, 1.165) is 17.7 Å². The van der Waals surface area contributed by atoms with Gasteiger partial charge in [0.2, 0.25) is 0 Å². The number of ether oxygens (including phenoxy) is 1. The Bertz CT molecular complexity index is 858. The lowest BCUT2D eigenvalue weighted by molar-refractivity contribution is 0.0953. The minimum absolute atomic E-state index is 0.213. The maximum Gasteiger partial charge on any atom is 0.257 e. The number of carbonyl (C=O) groups is 1. The first-order chi connectivity index (χ1) is 12.7. The summed E-state index contributed by atoms with van der Waals surface area (Å²) < 4.78 is 10.6. The summed E-state index contributed by atoms with van der Waals surface area (Å²) in [5, 5.41) is 6.91. The van der Waals surface area contributed by atoms with Gasteiger partial charge in [-0.05, 0) is 50.1 Å². The number of hydrogen-bond acceptors (Lipinski definition) is 5. The van der Waals surface area contributed by atoms with Gasteiger partial charge in [0.1, 0.15) is 22.8 Å². The molecular weight excluding hydrogens is 330 g/mol. The lowest BCUT2D eigenvalue weighted by atomic mass is 10.1. The zero-order chi connectivity index (χ0) is 18.4. The van der Waals surface area contributed by atoms with Crippen LogP contribution in [0.5, 0.6) is 5.75 Å². The van der Waals surface area contributed by atoms with Gasteiger partial charge >= 0.3 is 0 Å². The predicted molar refractivity (Wildman–Crippen MR) is 98.1 cm³/mol. The van der Waals surface area contributed by atoms with Crippen LogP contribution >= 0.6 is 0 Å². The van der Waals surface area contributed by atoms with Gasteiger partial charge < -0.3 is 14.6 Å². The molecule has 0 aliphatic carbocycles. The summed E-state index contributed by atoms with van der Waals surface area (Å²) in [5.74, 6) is 1.11. The Kier molecular flexibility index (Phi) is 5.63. The van der Waals surface area contributed by atoms with Crippen molar-refractivity contribution in [1.82, 2.24) is 15.5 Å². The molecule has 3 aromatic rings. The predicted octanol–water partition coefficient (Wildman–Crippen LogP) is 3.42. The van der Waals surface area contributed by atoms with Crippen LogP contribution in [0.25, 0.3) is 11.4 Å². The highest BCUT2D eigenvalue weighted by Crippen LogP contribution is 2.23. The van der Waals surface area contributed by atoms with E-state index < -0.39 is 0 Å². The van der Waals surface area contributed by atoms with E-state index in [4.69, 9.17) is 9.26 Å². The third-order valence-corrected chi connectivity index (χ3v) is 3.93. The molecule has 2 aromatic heterocycles. The molecule has 1 amide bonds. The summed E-state index contributed by atoms with van der Waals surface area (Å²) in [6, 6.07) is 13.3. The van der Waals surface area contributed by atoms with Gasteiger partial charge in [-0.2, -0.15) is 0 Å². The summed E-state index contributed by atoms with van der Waals surface area (Å²) in [7, 11) is 0. The zero-order valence-electron chi connectivity index (χ0n) is 14.9. The molecule has 1 aromatic carbocycles. The molecule has 0 aliphatic heterocycles. The Morgan fingerprint density at radius 2 is 2.00 bits per heavy atom. The molecule has 2 heterocycles. The van der Waals surface area contributed by atoms with Crippen molar-refractivity contribution in [3.63, 3.8) is 0 Å². The summed E-state index contributed by atoms with van der Waals surface area (Å²) in [6.07, 6.45) is 2.38. The van der Waals surface area contributed by atoms with Crippen molar-refractivity contribution in [3.8, 4) is 17.1 Å². The average Bonchev–Trinajstić information content (AvgIpc) is 3.06. The average molecular weight is 351 g/mol. The van der Waals surface area contributed by atoms with Crippen LogP contribution in [0.2, 0.25) is 0 Å². The highest BCUT2D eigenvalue weighted by molar-refractivity contribution is 6.00. The maximum absolute atomic E-state index is 12.6. The topological polar surface area (TPSA) is 77.2 Å². The van der Waals surface area contributed by atoms with Gasteiger partial charge in [-0.1, -0.05) is 23.4 Å². The summed E-state index contributed by atoms with van der Waals surface area (Å²) in [4.78, 5) is 16.8. The number of pyridine rings is 1. The first-order valence-electron chi connectivity index (χ1n) is 8.56. The fourth-order valence-corrected chi connectivity index (χ4v) is 2.64. The van der Waals surface area contributed by atoms with Gasteiger partial charge in [0.25, 0.3) is 5.91 Å². The lowest BCUT2D eigenvalue weighted by Gasteiger charge is -2.07. The van der Waals surface area contributed by atoms with Gasteiger partial charge in [-0.15, -0.1) is 0 Å². The van der Waals surface area contributed by atoms with Crippen molar-refractivity contribution in [3.05, 3.63) is 65.5 Å². The van der Waals surface area contributed by atoms with E-state index in [0.29, 0.717) is 35.9 Å². The van der Waals surface area contributed by atoms with Crippen molar-refractivity contribution in [2.24, 2.45) is 0 Å². The van der Waals surface area contributed by atoms with E-state index >= 15 is 0 Å². The minimum atomic E-state index is -0.213. The zero-order valence-corrected chi connectivity index (χ0v) is 14.9. The number of rotatable bonds is 7. The molecule has 0 saturated carbocycles. The second-order valence-corrected chi connectivity index (χ2v) is 5.76. The fraction of sp³-hybridized carbons (Fsp3) is 0.250. The van der Waals surface area contributed by atoms with Gasteiger partial charge in [0, 0.05) is 12.7 Å². The second-order valence-electron chi connectivity index (χ2n) is 5.76. The fourth-order valence-electron chi connectivity index (χ4n) is 2.64. The van der Waals surface area contributed by atoms with Gasteiger partial charge in [0.05, 0.1) is 12.3 Å². The normalized spacial score (nSPS) is 10.5. The molecular formula is C20H21N3O3. The standard InChI is InChI=1S/C20H21N3O3/c1-3-25-16-9-7-15(8-10-16)11-13-22-20(24)18-14(2)26-23-19(18)17-6-4-5-12-21-17/h4-10,12H,3,11,13H2,1-2H3,(H,22,24). The summed E-state index contributed by atoms with van der Waals surface area (Å²) in [5.41, 5.74) is 2.62. The van der Waals surface area contributed by atoms with Crippen LogP contribution in [0, 0.1) is 6.92 Å². The van der Waals surface area contributed by atoms with Crippen LogP contribution in [0.3, 0.4) is 0 Å². The molecule has 134 valence electrons. The number of nitrogens with one attached hydrogen (secondary N) is 1. The van der Waals surface area contributed by atoms with Crippen molar-refractivity contribution in [1.29, 1.82) is 0 Å². The summed E-state index contributed by atoms with van der Waals surface area (Å²) >= 11 is 0. The van der Waals surface area contributed by atoms with Gasteiger partial charge in [-0.3, -0.25) is 9.78 Å².